The minimum atomic E-state index is 0.591. The molecule has 92 valence electrons. The molecule has 0 spiro atoms. The summed E-state index contributed by atoms with van der Waals surface area (Å²) in [6.07, 6.45) is 2.85. The van der Waals surface area contributed by atoms with E-state index in [0.717, 1.165) is 17.8 Å². The molecule has 0 saturated carbocycles. The molecule has 0 atom stereocenters. The third kappa shape index (κ3) is 1.95. The van der Waals surface area contributed by atoms with E-state index in [1.54, 1.807) is 12.1 Å². The first-order chi connectivity index (χ1) is 9.31. The highest BCUT2D eigenvalue weighted by molar-refractivity contribution is 5.60. The number of aromatic nitrogens is 3. The summed E-state index contributed by atoms with van der Waals surface area (Å²) < 4.78 is 1.89. The Labute approximate surface area is 111 Å². The van der Waals surface area contributed by atoms with E-state index in [-0.39, 0.29) is 0 Å². The van der Waals surface area contributed by atoms with Gasteiger partial charge < -0.3 is 0 Å². The second-order valence-corrected chi connectivity index (χ2v) is 4.33. The van der Waals surface area contributed by atoms with E-state index in [9.17, 15) is 0 Å². The van der Waals surface area contributed by atoms with Gasteiger partial charge in [0.25, 0.3) is 0 Å². The zero-order valence-electron chi connectivity index (χ0n) is 10.5. The zero-order valence-corrected chi connectivity index (χ0v) is 10.5. The average Bonchev–Trinajstić information content (AvgIpc) is 2.90. The Morgan fingerprint density at radius 1 is 1.16 bits per heavy atom. The summed E-state index contributed by atoms with van der Waals surface area (Å²) >= 11 is 0. The summed E-state index contributed by atoms with van der Waals surface area (Å²) in [6, 6.07) is 13.9. The minimum absolute atomic E-state index is 0.591. The Balaban J connectivity index is 2.12. The number of aryl methyl sites for hydroxylation is 1. The number of rotatable bonds is 2. The van der Waals surface area contributed by atoms with Gasteiger partial charge in [-0.2, -0.15) is 5.26 Å². The van der Waals surface area contributed by atoms with Crippen LogP contribution in [0.15, 0.2) is 42.6 Å². The van der Waals surface area contributed by atoms with Crippen LogP contribution in [0.25, 0.3) is 17.0 Å². The van der Waals surface area contributed by atoms with E-state index >= 15 is 0 Å². The van der Waals surface area contributed by atoms with Crippen molar-refractivity contribution in [2.45, 2.75) is 13.3 Å². The summed E-state index contributed by atoms with van der Waals surface area (Å²) in [5.41, 5.74) is 3.60. The number of hydrogen-bond donors (Lipinski definition) is 0. The van der Waals surface area contributed by atoms with Crippen molar-refractivity contribution < 1.29 is 0 Å². The molecule has 0 unspecified atom stereocenters. The topological polar surface area (TPSA) is 54.0 Å². The lowest BCUT2D eigenvalue weighted by atomic mass is 10.1. The molecule has 0 fully saturated rings. The van der Waals surface area contributed by atoms with Gasteiger partial charge in [-0.15, -0.1) is 10.2 Å². The molecule has 0 aliphatic heterocycles. The molecule has 19 heavy (non-hydrogen) atoms. The summed E-state index contributed by atoms with van der Waals surface area (Å²) in [4.78, 5) is 0. The smallest absolute Gasteiger partial charge is 0.168 e. The SMILES string of the molecule is CCc1ccc(-c2nnc3cc(C#N)ccn23)cc1. The summed E-state index contributed by atoms with van der Waals surface area (Å²) in [6.45, 7) is 2.13. The lowest BCUT2D eigenvalue weighted by Crippen LogP contribution is -1.90. The van der Waals surface area contributed by atoms with Crippen LogP contribution in [0.3, 0.4) is 0 Å². The third-order valence-electron chi connectivity index (χ3n) is 3.16. The van der Waals surface area contributed by atoms with E-state index in [0.29, 0.717) is 11.2 Å². The Bertz CT molecular complexity index is 763. The molecule has 2 aromatic heterocycles. The van der Waals surface area contributed by atoms with Gasteiger partial charge in [0.2, 0.25) is 0 Å². The second kappa shape index (κ2) is 4.54. The summed E-state index contributed by atoms with van der Waals surface area (Å²) in [7, 11) is 0. The van der Waals surface area contributed by atoms with Crippen LogP contribution in [0.1, 0.15) is 18.1 Å². The first kappa shape index (κ1) is 11.4. The van der Waals surface area contributed by atoms with Crippen molar-refractivity contribution in [1.29, 1.82) is 5.26 Å². The van der Waals surface area contributed by atoms with Gasteiger partial charge in [-0.1, -0.05) is 31.2 Å². The normalized spacial score (nSPS) is 10.5. The second-order valence-electron chi connectivity index (χ2n) is 4.33. The van der Waals surface area contributed by atoms with Crippen molar-refractivity contribution in [3.63, 3.8) is 0 Å². The molecule has 1 aromatic carbocycles. The van der Waals surface area contributed by atoms with Crippen molar-refractivity contribution in [2.24, 2.45) is 0 Å². The maximum Gasteiger partial charge on any atom is 0.168 e. The summed E-state index contributed by atoms with van der Waals surface area (Å²) in [5, 5.41) is 17.2. The van der Waals surface area contributed by atoms with Gasteiger partial charge in [0, 0.05) is 17.8 Å². The van der Waals surface area contributed by atoms with Crippen LogP contribution >= 0.6 is 0 Å². The van der Waals surface area contributed by atoms with Gasteiger partial charge in [0.15, 0.2) is 11.5 Å². The molecule has 0 aliphatic carbocycles. The Kier molecular flexibility index (Phi) is 2.73. The van der Waals surface area contributed by atoms with E-state index in [1.165, 1.54) is 5.56 Å². The molecule has 0 saturated heterocycles. The lowest BCUT2D eigenvalue weighted by Gasteiger charge is -2.01. The quantitative estimate of drug-likeness (QED) is 0.700. The van der Waals surface area contributed by atoms with Crippen molar-refractivity contribution in [3.8, 4) is 17.5 Å². The van der Waals surface area contributed by atoms with E-state index in [1.807, 2.05) is 22.7 Å². The number of fused-ring (bicyclic) bond motifs is 1. The van der Waals surface area contributed by atoms with E-state index in [2.05, 4.69) is 35.3 Å². The van der Waals surface area contributed by atoms with Crippen LogP contribution in [0.5, 0.6) is 0 Å². The van der Waals surface area contributed by atoms with Crippen LogP contribution in [0, 0.1) is 11.3 Å². The molecule has 3 rings (SSSR count). The average molecular weight is 248 g/mol. The monoisotopic (exact) mass is 248 g/mol. The molecule has 0 aliphatic rings. The number of nitrogens with zero attached hydrogens (tertiary/aromatic N) is 4. The van der Waals surface area contributed by atoms with Crippen molar-refractivity contribution in [1.82, 2.24) is 14.6 Å². The molecule has 4 heteroatoms. The van der Waals surface area contributed by atoms with E-state index < -0.39 is 0 Å². The van der Waals surface area contributed by atoms with Crippen LogP contribution in [-0.2, 0) is 6.42 Å². The third-order valence-corrected chi connectivity index (χ3v) is 3.16. The van der Waals surface area contributed by atoms with Gasteiger partial charge in [0.05, 0.1) is 11.6 Å². The fraction of sp³-hybridized carbons (Fsp3) is 0.133. The highest BCUT2D eigenvalue weighted by atomic mass is 15.2. The fourth-order valence-electron chi connectivity index (χ4n) is 2.05. The zero-order chi connectivity index (χ0) is 13.2. The van der Waals surface area contributed by atoms with Crippen LogP contribution in [-0.4, -0.2) is 14.6 Å². The van der Waals surface area contributed by atoms with Crippen LogP contribution in [0.4, 0.5) is 0 Å². The fourth-order valence-corrected chi connectivity index (χ4v) is 2.05. The minimum Gasteiger partial charge on any atom is -0.282 e. The van der Waals surface area contributed by atoms with Crippen LogP contribution < -0.4 is 0 Å². The molecule has 0 N–H and O–H groups in total. The number of hydrogen-bond acceptors (Lipinski definition) is 3. The first-order valence-corrected chi connectivity index (χ1v) is 6.16. The number of benzene rings is 1. The van der Waals surface area contributed by atoms with Gasteiger partial charge in [0.1, 0.15) is 0 Å². The number of nitriles is 1. The number of pyridine rings is 1. The van der Waals surface area contributed by atoms with Crippen molar-refractivity contribution in [2.75, 3.05) is 0 Å². The molecule has 0 amide bonds. The highest BCUT2D eigenvalue weighted by Crippen LogP contribution is 2.19. The predicted octanol–water partition coefficient (Wildman–Crippen LogP) is 2.83. The first-order valence-electron chi connectivity index (χ1n) is 6.16. The van der Waals surface area contributed by atoms with Gasteiger partial charge in [-0.25, -0.2) is 0 Å². The standard InChI is InChI=1S/C15H12N4/c1-2-11-3-5-13(6-4-11)15-18-17-14-9-12(10-16)7-8-19(14)15/h3-9H,2H2,1H3. The summed E-state index contributed by atoms with van der Waals surface area (Å²) in [5.74, 6) is 0.794. The molecule has 3 aromatic rings. The van der Waals surface area contributed by atoms with Crippen LogP contribution in [0.2, 0.25) is 0 Å². The van der Waals surface area contributed by atoms with Gasteiger partial charge in [-0.05, 0) is 18.1 Å². The maximum absolute atomic E-state index is 8.87. The molecule has 0 radical (unpaired) electrons. The Morgan fingerprint density at radius 2 is 1.95 bits per heavy atom. The van der Waals surface area contributed by atoms with Crippen molar-refractivity contribution >= 4 is 5.65 Å². The predicted molar refractivity (Wildman–Crippen MR) is 72.5 cm³/mol. The lowest BCUT2D eigenvalue weighted by molar-refractivity contribution is 1.10. The van der Waals surface area contributed by atoms with Gasteiger partial charge >= 0.3 is 0 Å². The van der Waals surface area contributed by atoms with Crippen molar-refractivity contribution in [3.05, 3.63) is 53.7 Å². The molecule has 4 nitrogen and oxygen atoms in total. The molecular formula is C15H12N4. The highest BCUT2D eigenvalue weighted by Gasteiger charge is 2.08. The molecule has 0 bridgehead atoms. The Hall–Kier alpha value is -2.67. The molecule has 2 heterocycles. The largest absolute Gasteiger partial charge is 0.282 e. The molecular weight excluding hydrogens is 236 g/mol. The Morgan fingerprint density at radius 3 is 2.63 bits per heavy atom. The van der Waals surface area contributed by atoms with E-state index in [4.69, 9.17) is 5.26 Å². The van der Waals surface area contributed by atoms with Gasteiger partial charge in [-0.3, -0.25) is 4.40 Å². The maximum atomic E-state index is 8.87.